The van der Waals surface area contributed by atoms with E-state index in [-0.39, 0.29) is 5.97 Å². The molecule has 1 aliphatic rings. The van der Waals surface area contributed by atoms with Crippen LogP contribution in [0, 0.1) is 0 Å². The van der Waals surface area contributed by atoms with Gasteiger partial charge in [-0.2, -0.15) is 0 Å². The SMILES string of the molecule is CCOC(=O)C1C=Cc2ccccc2N1N. The molecule has 0 saturated carbocycles. The maximum Gasteiger partial charge on any atom is 0.334 e. The van der Waals surface area contributed by atoms with E-state index in [4.69, 9.17) is 10.6 Å². The second-order valence-corrected chi connectivity index (χ2v) is 3.52. The number of ether oxygens (including phenoxy) is 1. The third-order valence-electron chi connectivity index (χ3n) is 2.50. The third-order valence-corrected chi connectivity index (χ3v) is 2.50. The number of anilines is 1. The number of hydrogen-bond acceptors (Lipinski definition) is 4. The van der Waals surface area contributed by atoms with E-state index in [0.717, 1.165) is 11.3 Å². The van der Waals surface area contributed by atoms with Gasteiger partial charge in [-0.15, -0.1) is 0 Å². The Morgan fingerprint density at radius 3 is 3.00 bits per heavy atom. The molecule has 16 heavy (non-hydrogen) atoms. The Balaban J connectivity index is 2.27. The molecule has 84 valence electrons. The summed E-state index contributed by atoms with van der Waals surface area (Å²) in [7, 11) is 0. The van der Waals surface area contributed by atoms with Crippen LogP contribution in [0.15, 0.2) is 30.3 Å². The average molecular weight is 218 g/mol. The first-order chi connectivity index (χ1) is 7.74. The first-order valence-corrected chi connectivity index (χ1v) is 5.22. The molecule has 0 fully saturated rings. The van der Waals surface area contributed by atoms with Gasteiger partial charge in [0.2, 0.25) is 0 Å². The van der Waals surface area contributed by atoms with Crippen LogP contribution in [-0.2, 0) is 9.53 Å². The van der Waals surface area contributed by atoms with Crippen LogP contribution in [0.25, 0.3) is 6.08 Å². The molecule has 0 radical (unpaired) electrons. The average Bonchev–Trinajstić information content (AvgIpc) is 2.30. The number of nitrogens with zero attached hydrogens (tertiary/aromatic N) is 1. The summed E-state index contributed by atoms with van der Waals surface area (Å²) in [5.41, 5.74) is 1.84. The lowest BCUT2D eigenvalue weighted by molar-refractivity contribution is -0.143. The highest BCUT2D eigenvalue weighted by atomic mass is 16.5. The van der Waals surface area contributed by atoms with Gasteiger partial charge in [-0.25, -0.2) is 10.6 Å². The van der Waals surface area contributed by atoms with E-state index in [1.807, 2.05) is 30.3 Å². The minimum Gasteiger partial charge on any atom is -0.464 e. The predicted molar refractivity (Wildman–Crippen MR) is 62.6 cm³/mol. The van der Waals surface area contributed by atoms with Gasteiger partial charge in [-0.3, -0.25) is 5.01 Å². The van der Waals surface area contributed by atoms with Crippen LogP contribution in [0.3, 0.4) is 0 Å². The fraction of sp³-hybridized carbons (Fsp3) is 0.250. The van der Waals surface area contributed by atoms with Crippen LogP contribution >= 0.6 is 0 Å². The van der Waals surface area contributed by atoms with Gasteiger partial charge >= 0.3 is 5.97 Å². The summed E-state index contributed by atoms with van der Waals surface area (Å²) in [6, 6.07) is 7.12. The van der Waals surface area contributed by atoms with Gasteiger partial charge in [-0.1, -0.05) is 24.3 Å². The van der Waals surface area contributed by atoms with Gasteiger partial charge in [0.05, 0.1) is 12.3 Å². The van der Waals surface area contributed by atoms with Crippen molar-refractivity contribution in [3.05, 3.63) is 35.9 Å². The van der Waals surface area contributed by atoms with Crippen LogP contribution in [0.1, 0.15) is 12.5 Å². The van der Waals surface area contributed by atoms with E-state index in [9.17, 15) is 4.79 Å². The van der Waals surface area contributed by atoms with E-state index in [1.54, 1.807) is 13.0 Å². The Morgan fingerprint density at radius 1 is 1.50 bits per heavy atom. The number of hydrazine groups is 1. The molecule has 1 aromatic rings. The van der Waals surface area contributed by atoms with E-state index < -0.39 is 6.04 Å². The number of rotatable bonds is 2. The summed E-state index contributed by atoms with van der Waals surface area (Å²) in [5.74, 6) is 5.58. The molecule has 2 N–H and O–H groups in total. The molecule has 0 saturated heterocycles. The normalized spacial score (nSPS) is 18.1. The summed E-state index contributed by atoms with van der Waals surface area (Å²) in [6.45, 7) is 2.14. The van der Waals surface area contributed by atoms with E-state index in [0.29, 0.717) is 6.61 Å². The fourth-order valence-electron chi connectivity index (χ4n) is 1.72. The number of nitrogens with two attached hydrogens (primary N) is 1. The molecule has 0 aromatic heterocycles. The number of benzene rings is 1. The molecular weight excluding hydrogens is 204 g/mol. The highest BCUT2D eigenvalue weighted by Crippen LogP contribution is 2.26. The molecule has 2 rings (SSSR count). The van der Waals surface area contributed by atoms with Crippen molar-refractivity contribution in [2.45, 2.75) is 13.0 Å². The molecule has 0 aliphatic carbocycles. The topological polar surface area (TPSA) is 55.6 Å². The molecule has 1 heterocycles. The fourth-order valence-corrected chi connectivity index (χ4v) is 1.72. The molecule has 0 spiro atoms. The monoisotopic (exact) mass is 218 g/mol. The Hall–Kier alpha value is -1.81. The highest BCUT2D eigenvalue weighted by molar-refractivity contribution is 5.87. The van der Waals surface area contributed by atoms with Gasteiger partial charge in [0.15, 0.2) is 6.04 Å². The van der Waals surface area contributed by atoms with Gasteiger partial charge in [0, 0.05) is 0 Å². The van der Waals surface area contributed by atoms with E-state index >= 15 is 0 Å². The molecule has 1 atom stereocenters. The van der Waals surface area contributed by atoms with Crippen molar-refractivity contribution in [2.75, 3.05) is 11.6 Å². The molecule has 0 bridgehead atoms. The second kappa shape index (κ2) is 4.37. The first-order valence-electron chi connectivity index (χ1n) is 5.22. The Bertz CT molecular complexity index is 429. The smallest absolute Gasteiger partial charge is 0.334 e. The molecular formula is C12H14N2O2. The molecule has 4 heteroatoms. The number of carbonyl (C=O) groups excluding carboxylic acids is 1. The maximum atomic E-state index is 11.6. The lowest BCUT2D eigenvalue weighted by Crippen LogP contribution is -2.47. The van der Waals surface area contributed by atoms with Gasteiger partial charge < -0.3 is 4.74 Å². The van der Waals surface area contributed by atoms with Crippen molar-refractivity contribution in [1.29, 1.82) is 0 Å². The van der Waals surface area contributed by atoms with Crippen molar-refractivity contribution >= 4 is 17.7 Å². The lowest BCUT2D eigenvalue weighted by Gasteiger charge is -2.29. The number of esters is 1. The van der Waals surface area contributed by atoms with Gasteiger partial charge in [-0.05, 0) is 24.6 Å². The van der Waals surface area contributed by atoms with Crippen molar-refractivity contribution < 1.29 is 9.53 Å². The number of fused-ring (bicyclic) bond motifs is 1. The summed E-state index contributed by atoms with van der Waals surface area (Å²) < 4.78 is 4.95. The molecule has 1 unspecified atom stereocenters. The van der Waals surface area contributed by atoms with Gasteiger partial charge in [0.25, 0.3) is 0 Å². The minimum absolute atomic E-state index is 0.323. The maximum absolute atomic E-state index is 11.6. The van der Waals surface area contributed by atoms with Crippen molar-refractivity contribution in [3.8, 4) is 0 Å². The summed E-state index contributed by atoms with van der Waals surface area (Å²) in [4.78, 5) is 11.6. The molecule has 1 aromatic carbocycles. The van der Waals surface area contributed by atoms with Crippen LogP contribution in [-0.4, -0.2) is 18.6 Å². The van der Waals surface area contributed by atoms with Crippen LogP contribution in [0.5, 0.6) is 0 Å². The third kappa shape index (κ3) is 1.79. The molecule has 1 aliphatic heterocycles. The van der Waals surface area contributed by atoms with Crippen LogP contribution in [0.2, 0.25) is 0 Å². The summed E-state index contributed by atoms with van der Waals surface area (Å²) in [6.07, 6.45) is 3.64. The second-order valence-electron chi connectivity index (χ2n) is 3.52. The van der Waals surface area contributed by atoms with Gasteiger partial charge in [0.1, 0.15) is 0 Å². The standard InChI is InChI=1S/C12H14N2O2/c1-2-16-12(15)11-8-7-9-5-3-4-6-10(9)14(11)13/h3-8,11H,2,13H2,1H3. The lowest BCUT2D eigenvalue weighted by atomic mass is 10.1. The molecule has 0 amide bonds. The van der Waals surface area contributed by atoms with Crippen molar-refractivity contribution in [3.63, 3.8) is 0 Å². The Morgan fingerprint density at radius 2 is 2.25 bits per heavy atom. The minimum atomic E-state index is -0.533. The number of hydrogen-bond donors (Lipinski definition) is 1. The zero-order valence-corrected chi connectivity index (χ0v) is 9.09. The highest BCUT2D eigenvalue weighted by Gasteiger charge is 2.26. The van der Waals surface area contributed by atoms with Crippen molar-refractivity contribution in [1.82, 2.24) is 0 Å². The summed E-state index contributed by atoms with van der Waals surface area (Å²) in [5, 5.41) is 1.44. The van der Waals surface area contributed by atoms with Crippen LogP contribution in [0.4, 0.5) is 5.69 Å². The zero-order chi connectivity index (χ0) is 11.5. The van der Waals surface area contributed by atoms with E-state index in [1.165, 1.54) is 5.01 Å². The zero-order valence-electron chi connectivity index (χ0n) is 9.09. The molecule has 4 nitrogen and oxygen atoms in total. The predicted octanol–water partition coefficient (Wildman–Crippen LogP) is 1.33. The summed E-state index contributed by atoms with van der Waals surface area (Å²) >= 11 is 0. The largest absolute Gasteiger partial charge is 0.464 e. The number of para-hydroxylation sites is 1. The van der Waals surface area contributed by atoms with Crippen molar-refractivity contribution in [2.24, 2.45) is 5.84 Å². The van der Waals surface area contributed by atoms with Crippen LogP contribution < -0.4 is 10.9 Å². The number of carbonyl (C=O) groups is 1. The Kier molecular flexibility index (Phi) is 2.92. The Labute approximate surface area is 94.3 Å². The quantitative estimate of drug-likeness (QED) is 0.601. The van der Waals surface area contributed by atoms with E-state index in [2.05, 4.69) is 0 Å². The first kappa shape index (κ1) is 10.7.